The molecule has 20 heavy (non-hydrogen) atoms. The van der Waals surface area contributed by atoms with Gasteiger partial charge in [0.2, 0.25) is 5.76 Å². The van der Waals surface area contributed by atoms with Gasteiger partial charge in [0, 0.05) is 16.5 Å². The van der Waals surface area contributed by atoms with Crippen molar-refractivity contribution >= 4 is 29.2 Å². The summed E-state index contributed by atoms with van der Waals surface area (Å²) in [5.41, 5.74) is 0.631. The number of nitrogens with zero attached hydrogens (tertiary/aromatic N) is 1. The molecule has 0 aliphatic heterocycles. The topological polar surface area (TPSA) is 74.2 Å². The highest BCUT2D eigenvalue weighted by molar-refractivity contribution is 6.35. The molecular weight excluding hydrogens is 301 g/mol. The van der Waals surface area contributed by atoms with Crippen LogP contribution in [0.1, 0.15) is 27.8 Å². The Morgan fingerprint density at radius 2 is 2.10 bits per heavy atom. The minimum Gasteiger partial charge on any atom is -0.475 e. The van der Waals surface area contributed by atoms with Crippen molar-refractivity contribution in [2.75, 3.05) is 0 Å². The lowest BCUT2D eigenvalue weighted by Gasteiger charge is -2.10. The van der Waals surface area contributed by atoms with Crippen molar-refractivity contribution in [3.05, 3.63) is 57.5 Å². The molecule has 0 amide bonds. The second-order valence-corrected chi connectivity index (χ2v) is 4.97. The number of hydrogen-bond donors (Lipinski definition) is 1. The number of rotatable bonds is 4. The Balaban J connectivity index is 2.24. The van der Waals surface area contributed by atoms with E-state index in [-0.39, 0.29) is 12.2 Å². The van der Waals surface area contributed by atoms with Crippen LogP contribution in [0.2, 0.25) is 10.0 Å². The molecule has 0 fully saturated rings. The molecule has 0 saturated carbocycles. The molecule has 1 unspecified atom stereocenters. The van der Waals surface area contributed by atoms with Gasteiger partial charge in [0.15, 0.2) is 0 Å². The fraction of sp³-hybridized carbons (Fsp3) is 0.143. The Morgan fingerprint density at radius 3 is 2.65 bits per heavy atom. The summed E-state index contributed by atoms with van der Waals surface area (Å²) in [6, 6.07) is 9.92. The first kappa shape index (κ1) is 14.4. The van der Waals surface area contributed by atoms with Crippen LogP contribution in [0.25, 0.3) is 0 Å². The number of benzene rings is 1. The lowest BCUT2D eigenvalue weighted by Crippen LogP contribution is -2.01. The molecule has 1 heterocycles. The summed E-state index contributed by atoms with van der Waals surface area (Å²) in [5, 5.41) is 18.9. The number of nitriles is 1. The molecule has 4 nitrogen and oxygen atoms in total. The fourth-order valence-electron chi connectivity index (χ4n) is 1.81. The average Bonchev–Trinajstić information content (AvgIpc) is 2.85. The van der Waals surface area contributed by atoms with Crippen molar-refractivity contribution in [1.29, 1.82) is 5.26 Å². The molecule has 0 aliphatic carbocycles. The van der Waals surface area contributed by atoms with Crippen LogP contribution >= 0.6 is 23.2 Å². The van der Waals surface area contributed by atoms with Gasteiger partial charge in [0.25, 0.3) is 0 Å². The van der Waals surface area contributed by atoms with E-state index in [2.05, 4.69) is 6.07 Å². The van der Waals surface area contributed by atoms with Crippen molar-refractivity contribution in [3.63, 3.8) is 0 Å². The van der Waals surface area contributed by atoms with Crippen molar-refractivity contribution < 1.29 is 14.3 Å². The molecule has 102 valence electrons. The minimum absolute atomic E-state index is 0.154. The van der Waals surface area contributed by atoms with Crippen LogP contribution in [0.15, 0.2) is 34.7 Å². The highest BCUT2D eigenvalue weighted by Gasteiger charge is 2.18. The lowest BCUT2D eigenvalue weighted by atomic mass is 9.96. The van der Waals surface area contributed by atoms with E-state index in [0.29, 0.717) is 21.4 Å². The van der Waals surface area contributed by atoms with E-state index in [9.17, 15) is 10.1 Å². The molecule has 1 N–H and O–H groups in total. The molecule has 0 aliphatic rings. The predicted octanol–water partition coefficient (Wildman–Crippen LogP) is 4.13. The highest BCUT2D eigenvalue weighted by atomic mass is 35.5. The van der Waals surface area contributed by atoms with Crippen LogP contribution in [-0.2, 0) is 6.42 Å². The van der Waals surface area contributed by atoms with Crippen molar-refractivity contribution in [3.8, 4) is 6.07 Å². The van der Waals surface area contributed by atoms with E-state index < -0.39 is 11.9 Å². The summed E-state index contributed by atoms with van der Waals surface area (Å²) in [4.78, 5) is 10.7. The van der Waals surface area contributed by atoms with E-state index in [1.54, 1.807) is 18.2 Å². The van der Waals surface area contributed by atoms with Crippen LogP contribution in [0.3, 0.4) is 0 Å². The smallest absolute Gasteiger partial charge is 0.371 e. The van der Waals surface area contributed by atoms with Gasteiger partial charge in [-0.1, -0.05) is 29.3 Å². The van der Waals surface area contributed by atoms with Crippen LogP contribution < -0.4 is 0 Å². The Morgan fingerprint density at radius 1 is 1.35 bits per heavy atom. The van der Waals surface area contributed by atoms with Gasteiger partial charge in [-0.15, -0.1) is 0 Å². The van der Waals surface area contributed by atoms with E-state index in [1.807, 2.05) is 0 Å². The van der Waals surface area contributed by atoms with Gasteiger partial charge in [-0.3, -0.25) is 0 Å². The molecule has 2 rings (SSSR count). The fourth-order valence-corrected chi connectivity index (χ4v) is 2.35. The number of hydrogen-bond acceptors (Lipinski definition) is 3. The first-order chi connectivity index (χ1) is 9.51. The van der Waals surface area contributed by atoms with Crippen LogP contribution in [0.5, 0.6) is 0 Å². The predicted molar refractivity (Wildman–Crippen MR) is 74.2 cm³/mol. The lowest BCUT2D eigenvalue weighted by molar-refractivity contribution is 0.0660. The number of carboxylic acid groups (broad SMARTS) is 1. The number of carboxylic acids is 1. The normalized spacial score (nSPS) is 11.8. The van der Waals surface area contributed by atoms with Gasteiger partial charge in [0.1, 0.15) is 5.76 Å². The Bertz CT molecular complexity index is 688. The number of halogens is 2. The molecule has 2 aromatic rings. The van der Waals surface area contributed by atoms with E-state index >= 15 is 0 Å². The third-order valence-corrected chi connectivity index (χ3v) is 3.33. The van der Waals surface area contributed by atoms with Gasteiger partial charge >= 0.3 is 5.97 Å². The molecule has 6 heteroatoms. The van der Waals surface area contributed by atoms with Gasteiger partial charge in [-0.05, 0) is 29.8 Å². The summed E-state index contributed by atoms with van der Waals surface area (Å²) >= 11 is 11.9. The molecule has 1 aromatic carbocycles. The summed E-state index contributed by atoms with van der Waals surface area (Å²) in [5.74, 6) is -1.42. The second-order valence-electron chi connectivity index (χ2n) is 4.12. The molecule has 0 saturated heterocycles. The molecule has 0 bridgehead atoms. The van der Waals surface area contributed by atoms with Gasteiger partial charge in [0.05, 0.1) is 12.0 Å². The van der Waals surface area contributed by atoms with E-state index in [1.165, 1.54) is 12.1 Å². The van der Waals surface area contributed by atoms with Crippen LogP contribution in [0.4, 0.5) is 0 Å². The second kappa shape index (κ2) is 6.00. The van der Waals surface area contributed by atoms with Gasteiger partial charge < -0.3 is 9.52 Å². The zero-order valence-electron chi connectivity index (χ0n) is 10.1. The summed E-state index contributed by atoms with van der Waals surface area (Å²) in [7, 11) is 0. The van der Waals surface area contributed by atoms with Crippen molar-refractivity contribution in [1.82, 2.24) is 0 Å². The standard InChI is InChI=1S/C14H9Cl2NO3/c15-9-1-3-11(12(16)6-9)8(7-17)5-10-2-4-13(20-10)14(18)19/h1-4,6,8H,5H2,(H,18,19). The summed E-state index contributed by atoms with van der Waals surface area (Å²) in [6.45, 7) is 0. The zero-order valence-corrected chi connectivity index (χ0v) is 11.6. The molecule has 1 atom stereocenters. The number of aromatic carboxylic acids is 1. The minimum atomic E-state index is -1.14. The van der Waals surface area contributed by atoms with Gasteiger partial charge in [-0.2, -0.15) is 5.26 Å². The van der Waals surface area contributed by atoms with Crippen LogP contribution in [-0.4, -0.2) is 11.1 Å². The Labute approximate surface area is 125 Å². The summed E-state index contributed by atoms with van der Waals surface area (Å²) in [6.07, 6.45) is 0.241. The van der Waals surface area contributed by atoms with Crippen molar-refractivity contribution in [2.24, 2.45) is 0 Å². The third kappa shape index (κ3) is 3.13. The molecule has 1 aromatic heterocycles. The third-order valence-electron chi connectivity index (χ3n) is 2.77. The maximum atomic E-state index is 10.7. The molecule has 0 radical (unpaired) electrons. The molecule has 0 spiro atoms. The SMILES string of the molecule is N#CC(Cc1ccc(C(=O)O)o1)c1ccc(Cl)cc1Cl. The Hall–Kier alpha value is -1.96. The van der Waals surface area contributed by atoms with E-state index in [0.717, 1.165) is 0 Å². The first-order valence-corrected chi connectivity index (χ1v) is 6.43. The molecular formula is C14H9Cl2NO3. The zero-order chi connectivity index (χ0) is 14.7. The average molecular weight is 310 g/mol. The monoisotopic (exact) mass is 309 g/mol. The number of carbonyl (C=O) groups is 1. The summed E-state index contributed by atoms with van der Waals surface area (Å²) < 4.78 is 5.14. The maximum absolute atomic E-state index is 10.7. The van der Waals surface area contributed by atoms with Crippen molar-refractivity contribution in [2.45, 2.75) is 12.3 Å². The highest BCUT2D eigenvalue weighted by Crippen LogP contribution is 2.30. The van der Waals surface area contributed by atoms with Gasteiger partial charge in [-0.25, -0.2) is 4.79 Å². The Kier molecular flexibility index (Phi) is 4.33. The largest absolute Gasteiger partial charge is 0.475 e. The van der Waals surface area contributed by atoms with E-state index in [4.69, 9.17) is 32.7 Å². The quantitative estimate of drug-likeness (QED) is 0.921. The number of furan rings is 1. The first-order valence-electron chi connectivity index (χ1n) is 5.68. The van der Waals surface area contributed by atoms with Crippen LogP contribution in [0, 0.1) is 11.3 Å². The maximum Gasteiger partial charge on any atom is 0.371 e.